The Morgan fingerprint density at radius 2 is 1.83 bits per heavy atom. The highest BCUT2D eigenvalue weighted by molar-refractivity contribution is 9.11. The zero-order valence-corrected chi connectivity index (χ0v) is 14.6. The highest BCUT2D eigenvalue weighted by atomic mass is 79.9. The van der Waals surface area contributed by atoms with Crippen LogP contribution in [-0.2, 0) is 0 Å². The summed E-state index contributed by atoms with van der Waals surface area (Å²) in [5.74, 6) is 1.23. The van der Waals surface area contributed by atoms with Gasteiger partial charge in [0.05, 0.1) is 21.7 Å². The van der Waals surface area contributed by atoms with Crippen molar-refractivity contribution in [3.63, 3.8) is 0 Å². The van der Waals surface area contributed by atoms with Crippen molar-refractivity contribution in [1.29, 1.82) is 0 Å². The Bertz CT molecular complexity index is 400. The maximum absolute atomic E-state index is 9.75. The van der Waals surface area contributed by atoms with E-state index in [0.717, 1.165) is 44.9 Å². The van der Waals surface area contributed by atoms with Gasteiger partial charge in [0.25, 0.3) is 0 Å². The molecule has 1 aromatic rings. The van der Waals surface area contributed by atoms with Gasteiger partial charge in [-0.25, -0.2) is 0 Å². The van der Waals surface area contributed by atoms with Gasteiger partial charge < -0.3 is 9.84 Å². The Labute approximate surface area is 132 Å². The number of aliphatic hydroxyl groups is 1. The van der Waals surface area contributed by atoms with Crippen LogP contribution in [0.5, 0.6) is 5.75 Å². The van der Waals surface area contributed by atoms with Crippen LogP contribution in [0.3, 0.4) is 0 Å². The molecule has 18 heavy (non-hydrogen) atoms. The molecule has 0 aromatic heterocycles. The molecule has 0 bridgehead atoms. The second-order valence-electron chi connectivity index (χ2n) is 4.59. The molecule has 1 fully saturated rings. The van der Waals surface area contributed by atoms with Crippen LogP contribution in [0.2, 0.25) is 0 Å². The molecule has 1 aliphatic rings. The number of hydrogen-bond acceptors (Lipinski definition) is 2. The summed E-state index contributed by atoms with van der Waals surface area (Å²) < 4.78 is 8.66. The topological polar surface area (TPSA) is 29.5 Å². The molecule has 0 aliphatic heterocycles. The Morgan fingerprint density at radius 3 is 2.39 bits per heavy atom. The molecule has 2 atom stereocenters. The van der Waals surface area contributed by atoms with E-state index in [9.17, 15) is 5.11 Å². The lowest BCUT2D eigenvalue weighted by molar-refractivity contribution is 0.116. The Balaban J connectivity index is 1.90. The maximum Gasteiger partial charge on any atom is 0.147 e. The van der Waals surface area contributed by atoms with Crippen LogP contribution < -0.4 is 4.74 Å². The number of benzene rings is 1. The SMILES string of the molecule is OC1CCCC1CCOc1c(Br)cc(Br)cc1Br. The van der Waals surface area contributed by atoms with Crippen LogP contribution in [-0.4, -0.2) is 17.8 Å². The third kappa shape index (κ3) is 3.71. The standard InChI is InChI=1S/C13H15Br3O2/c14-9-6-10(15)13(11(16)7-9)18-5-4-8-2-1-3-12(8)17/h6-8,12,17H,1-5H2. The zero-order chi connectivity index (χ0) is 13.1. The molecule has 1 saturated carbocycles. The van der Waals surface area contributed by atoms with Crippen molar-refractivity contribution in [2.24, 2.45) is 5.92 Å². The molecular formula is C13H15Br3O2. The summed E-state index contributed by atoms with van der Waals surface area (Å²) in [6.07, 6.45) is 3.97. The summed E-state index contributed by atoms with van der Waals surface area (Å²) in [7, 11) is 0. The average Bonchev–Trinajstić information content (AvgIpc) is 2.68. The normalized spacial score (nSPS) is 23.3. The quantitative estimate of drug-likeness (QED) is 0.718. The third-order valence-corrected chi connectivity index (χ3v) is 4.95. The minimum absolute atomic E-state index is 0.134. The molecule has 0 saturated heterocycles. The monoisotopic (exact) mass is 440 g/mol. The fraction of sp³-hybridized carbons (Fsp3) is 0.538. The van der Waals surface area contributed by atoms with Gasteiger partial charge in [-0.3, -0.25) is 0 Å². The van der Waals surface area contributed by atoms with E-state index in [1.54, 1.807) is 0 Å². The molecule has 0 spiro atoms. The predicted molar refractivity (Wildman–Crippen MR) is 83.0 cm³/mol. The molecule has 0 radical (unpaired) electrons. The summed E-state index contributed by atoms with van der Waals surface area (Å²) in [5, 5.41) is 9.75. The van der Waals surface area contributed by atoms with Crippen molar-refractivity contribution in [3.8, 4) is 5.75 Å². The lowest BCUT2D eigenvalue weighted by Gasteiger charge is -2.16. The van der Waals surface area contributed by atoms with E-state index in [4.69, 9.17) is 4.74 Å². The van der Waals surface area contributed by atoms with E-state index in [2.05, 4.69) is 47.8 Å². The highest BCUT2D eigenvalue weighted by Crippen LogP contribution is 2.37. The van der Waals surface area contributed by atoms with E-state index in [1.807, 2.05) is 12.1 Å². The minimum atomic E-state index is -0.134. The molecule has 0 heterocycles. The van der Waals surface area contributed by atoms with Crippen LogP contribution in [0.4, 0.5) is 0 Å². The first-order valence-electron chi connectivity index (χ1n) is 6.03. The van der Waals surface area contributed by atoms with E-state index < -0.39 is 0 Å². The second kappa shape index (κ2) is 6.73. The van der Waals surface area contributed by atoms with Crippen molar-refractivity contribution in [2.45, 2.75) is 31.8 Å². The van der Waals surface area contributed by atoms with E-state index >= 15 is 0 Å². The number of aliphatic hydroxyl groups excluding tert-OH is 1. The van der Waals surface area contributed by atoms with Crippen molar-refractivity contribution >= 4 is 47.8 Å². The Morgan fingerprint density at radius 1 is 1.17 bits per heavy atom. The first kappa shape index (κ1) is 14.8. The first-order valence-corrected chi connectivity index (χ1v) is 8.41. The predicted octanol–water partition coefficient (Wildman–Crippen LogP) is 4.90. The number of halogens is 3. The van der Waals surface area contributed by atoms with Crippen LogP contribution in [0, 0.1) is 5.92 Å². The summed E-state index contributed by atoms with van der Waals surface area (Å²) in [6.45, 7) is 0.639. The molecule has 1 aromatic carbocycles. The van der Waals surface area contributed by atoms with Gasteiger partial charge in [-0.2, -0.15) is 0 Å². The highest BCUT2D eigenvalue weighted by Gasteiger charge is 2.24. The lowest BCUT2D eigenvalue weighted by atomic mass is 10.0. The molecule has 5 heteroatoms. The number of ether oxygens (including phenoxy) is 1. The molecule has 0 amide bonds. The molecule has 2 unspecified atom stereocenters. The molecule has 2 rings (SSSR count). The van der Waals surface area contributed by atoms with Gasteiger partial charge in [0.1, 0.15) is 5.75 Å². The third-order valence-electron chi connectivity index (χ3n) is 3.32. The van der Waals surface area contributed by atoms with Crippen molar-refractivity contribution in [2.75, 3.05) is 6.61 Å². The van der Waals surface area contributed by atoms with E-state index in [0.29, 0.717) is 12.5 Å². The zero-order valence-electron chi connectivity index (χ0n) is 9.83. The fourth-order valence-electron chi connectivity index (χ4n) is 2.33. The van der Waals surface area contributed by atoms with Crippen LogP contribution in [0.1, 0.15) is 25.7 Å². The molecule has 100 valence electrons. The summed E-state index contributed by atoms with van der Waals surface area (Å²) in [5.41, 5.74) is 0. The summed E-state index contributed by atoms with van der Waals surface area (Å²) >= 11 is 10.4. The van der Waals surface area contributed by atoms with Gasteiger partial charge in [-0.05, 0) is 69.2 Å². The Hall–Kier alpha value is 0.420. The minimum Gasteiger partial charge on any atom is -0.491 e. The second-order valence-corrected chi connectivity index (χ2v) is 7.22. The van der Waals surface area contributed by atoms with Gasteiger partial charge in [0.15, 0.2) is 0 Å². The van der Waals surface area contributed by atoms with Crippen LogP contribution in [0.15, 0.2) is 25.6 Å². The smallest absolute Gasteiger partial charge is 0.147 e. The maximum atomic E-state index is 9.75. The van der Waals surface area contributed by atoms with E-state index in [-0.39, 0.29) is 6.10 Å². The average molecular weight is 443 g/mol. The van der Waals surface area contributed by atoms with Gasteiger partial charge in [-0.15, -0.1) is 0 Å². The largest absolute Gasteiger partial charge is 0.491 e. The molecular weight excluding hydrogens is 428 g/mol. The van der Waals surface area contributed by atoms with E-state index in [1.165, 1.54) is 0 Å². The fourth-order valence-corrected chi connectivity index (χ4v) is 4.82. The van der Waals surface area contributed by atoms with Crippen molar-refractivity contribution < 1.29 is 9.84 Å². The number of hydrogen-bond donors (Lipinski definition) is 1. The summed E-state index contributed by atoms with van der Waals surface area (Å²) in [6, 6.07) is 3.93. The molecule has 1 N–H and O–H groups in total. The molecule has 1 aliphatic carbocycles. The summed E-state index contributed by atoms with van der Waals surface area (Å²) in [4.78, 5) is 0. The Kier molecular flexibility index (Phi) is 5.54. The van der Waals surface area contributed by atoms with Gasteiger partial charge in [-0.1, -0.05) is 22.4 Å². The van der Waals surface area contributed by atoms with Gasteiger partial charge in [0, 0.05) is 4.47 Å². The lowest BCUT2D eigenvalue weighted by Crippen LogP contribution is -2.16. The van der Waals surface area contributed by atoms with Crippen molar-refractivity contribution in [3.05, 3.63) is 25.6 Å². The van der Waals surface area contributed by atoms with Gasteiger partial charge >= 0.3 is 0 Å². The first-order chi connectivity index (χ1) is 8.58. The van der Waals surface area contributed by atoms with Crippen molar-refractivity contribution in [1.82, 2.24) is 0 Å². The van der Waals surface area contributed by atoms with Gasteiger partial charge in [0.2, 0.25) is 0 Å². The number of rotatable bonds is 4. The molecule has 2 nitrogen and oxygen atoms in total. The van der Waals surface area contributed by atoms with Crippen LogP contribution in [0.25, 0.3) is 0 Å². The van der Waals surface area contributed by atoms with Crippen LogP contribution >= 0.6 is 47.8 Å².